The Hall–Kier alpha value is -5.09. The summed E-state index contributed by atoms with van der Waals surface area (Å²) in [6, 6.07) is 15.8. The Kier molecular flexibility index (Phi) is 12.6. The number of hydrogen-bond donors (Lipinski definition) is 1. The molecule has 2 atom stereocenters. The number of hydrogen-bond acceptors (Lipinski definition) is 11. The average molecular weight is 759 g/mol. The molecule has 0 radical (unpaired) electrons. The number of fused-ring (bicyclic) bond motifs is 1. The van der Waals surface area contributed by atoms with Crippen LogP contribution in [0, 0.1) is 5.21 Å². The van der Waals surface area contributed by atoms with Crippen LogP contribution < -0.4 is 10.4 Å². The summed E-state index contributed by atoms with van der Waals surface area (Å²) in [4.78, 5) is 44.3. The first-order valence-electron chi connectivity index (χ1n) is 16.6. The highest BCUT2D eigenvalue weighted by Crippen LogP contribution is 2.34. The average Bonchev–Trinajstić information content (AvgIpc) is 3.40. The van der Waals surface area contributed by atoms with Crippen LogP contribution in [0.25, 0.3) is 0 Å². The molecule has 17 heteroatoms. The molecule has 2 amide bonds. The van der Waals surface area contributed by atoms with Crippen molar-refractivity contribution in [1.29, 1.82) is 0 Å². The van der Waals surface area contributed by atoms with Gasteiger partial charge in [-0.05, 0) is 102 Å². The molecule has 0 aliphatic carbocycles. The highest BCUT2D eigenvalue weighted by molar-refractivity contribution is 7.89. The molecule has 0 spiro atoms. The predicted molar refractivity (Wildman–Crippen MR) is 191 cm³/mol. The van der Waals surface area contributed by atoms with Crippen molar-refractivity contribution in [2.75, 3.05) is 24.9 Å². The van der Waals surface area contributed by atoms with Crippen LogP contribution in [0.5, 0.6) is 0 Å². The van der Waals surface area contributed by atoms with Crippen molar-refractivity contribution in [2.24, 2.45) is 5.28 Å². The molecule has 0 fully saturated rings. The summed E-state index contributed by atoms with van der Waals surface area (Å²) in [6.45, 7) is 11.9. The van der Waals surface area contributed by atoms with Crippen LogP contribution in [0.15, 0.2) is 76.9 Å². The van der Waals surface area contributed by atoms with Gasteiger partial charge in [-0.1, -0.05) is 41.9 Å². The maximum Gasteiger partial charge on any atom is 0.424 e. The molecular formula is C35H43ClN6O9S. The fraction of sp³-hybridized carbons (Fsp3) is 0.400. The summed E-state index contributed by atoms with van der Waals surface area (Å²) in [5.41, 5.74) is 4.05. The number of carbonyl (C=O) groups excluding carboxylic acids is 3. The highest BCUT2D eigenvalue weighted by atomic mass is 35.5. The van der Waals surface area contributed by atoms with E-state index in [-0.39, 0.29) is 27.2 Å². The number of carbonyl (C=O) groups is 3. The van der Waals surface area contributed by atoms with Crippen molar-refractivity contribution in [2.45, 2.75) is 77.5 Å². The van der Waals surface area contributed by atoms with E-state index in [0.29, 0.717) is 29.4 Å². The Balaban J connectivity index is 1.58. The zero-order valence-corrected chi connectivity index (χ0v) is 31.6. The molecule has 15 nitrogen and oxygen atoms in total. The van der Waals surface area contributed by atoms with Crippen molar-refractivity contribution in [3.8, 4) is 0 Å². The van der Waals surface area contributed by atoms with Gasteiger partial charge in [-0.15, -0.1) is 5.01 Å². The lowest BCUT2D eigenvalue weighted by atomic mass is 10.1. The van der Waals surface area contributed by atoms with Gasteiger partial charge >= 0.3 is 12.1 Å². The third-order valence-corrected chi connectivity index (χ3v) is 10.4. The third-order valence-electron chi connectivity index (χ3n) is 8.06. The lowest BCUT2D eigenvalue weighted by Crippen LogP contribution is -2.45. The number of nitrogens with one attached hydrogen (secondary N) is 1. The summed E-state index contributed by atoms with van der Waals surface area (Å²) in [7, 11) is -4.77. The Morgan fingerprint density at radius 2 is 1.69 bits per heavy atom. The van der Waals surface area contributed by atoms with Crippen LogP contribution in [0.1, 0.15) is 86.4 Å². The molecule has 0 saturated heterocycles. The molecule has 3 aromatic carbocycles. The molecule has 3 aromatic rings. The Morgan fingerprint density at radius 1 is 1.06 bits per heavy atom. The van der Waals surface area contributed by atoms with Gasteiger partial charge < -0.3 is 19.5 Å². The van der Waals surface area contributed by atoms with E-state index in [1.807, 2.05) is 31.2 Å². The van der Waals surface area contributed by atoms with E-state index in [0.717, 1.165) is 17.3 Å². The van der Waals surface area contributed by atoms with Crippen molar-refractivity contribution in [3.63, 3.8) is 0 Å². The molecule has 0 bridgehead atoms. The maximum absolute atomic E-state index is 14.4. The topological polar surface area (TPSA) is 173 Å². The van der Waals surface area contributed by atoms with Gasteiger partial charge in [-0.3, -0.25) is 15.2 Å². The second kappa shape index (κ2) is 16.5. The second-order valence-electron chi connectivity index (χ2n) is 12.9. The summed E-state index contributed by atoms with van der Waals surface area (Å²) < 4.78 is 39.8. The van der Waals surface area contributed by atoms with Crippen LogP contribution >= 0.6 is 11.6 Å². The predicted octanol–water partition coefficient (Wildman–Crippen LogP) is 6.39. The molecule has 0 saturated carbocycles. The monoisotopic (exact) mass is 758 g/mol. The van der Waals surface area contributed by atoms with E-state index in [9.17, 15) is 28.0 Å². The number of anilines is 1. The van der Waals surface area contributed by atoms with Crippen LogP contribution in [0.2, 0.25) is 5.02 Å². The molecule has 52 heavy (non-hydrogen) atoms. The number of amides is 2. The lowest BCUT2D eigenvalue weighted by molar-refractivity contribution is -0.710. The van der Waals surface area contributed by atoms with Crippen LogP contribution in [-0.4, -0.2) is 72.2 Å². The van der Waals surface area contributed by atoms with Crippen molar-refractivity contribution in [1.82, 2.24) is 14.7 Å². The lowest BCUT2D eigenvalue weighted by Gasteiger charge is -2.31. The van der Waals surface area contributed by atoms with Crippen molar-refractivity contribution in [3.05, 3.63) is 99.2 Å². The van der Waals surface area contributed by atoms with Gasteiger partial charge in [0.05, 0.1) is 46.4 Å². The zero-order valence-electron chi connectivity index (χ0n) is 30.0. The third kappa shape index (κ3) is 9.22. The quantitative estimate of drug-likeness (QED) is 0.0511. The van der Waals surface area contributed by atoms with Gasteiger partial charge in [0.15, 0.2) is 0 Å². The first kappa shape index (κ1) is 39.7. The smallest absolute Gasteiger partial charge is 0.424 e. The van der Waals surface area contributed by atoms with Gasteiger partial charge in [-0.25, -0.2) is 18.0 Å². The number of hydrazine groups is 2. The summed E-state index contributed by atoms with van der Waals surface area (Å²) in [5.74, 6) is -1.38. The molecular weight excluding hydrogens is 716 g/mol. The SMILES string of the molecule is CCN(CC)/[N+]([O-])=N/OCOC(=O)c1ccc(C(C)N(C(=O)OC(C)(C)C)S(=O)(=O)c2cc(C(=O)NN3c4ccccc4CC3C)ccc2Cl)cc1. The van der Waals surface area contributed by atoms with Gasteiger partial charge in [0, 0.05) is 5.56 Å². The summed E-state index contributed by atoms with van der Waals surface area (Å²) in [6.07, 6.45) is -0.472. The molecule has 0 aromatic heterocycles. The Morgan fingerprint density at radius 3 is 2.33 bits per heavy atom. The molecule has 1 heterocycles. The van der Waals surface area contributed by atoms with Crippen molar-refractivity contribution < 1.29 is 42.1 Å². The molecule has 1 aliphatic rings. The fourth-order valence-electron chi connectivity index (χ4n) is 5.42. The summed E-state index contributed by atoms with van der Waals surface area (Å²) in [5, 5.41) is 18.0. The maximum atomic E-state index is 14.4. The van der Waals surface area contributed by atoms with E-state index < -0.39 is 51.3 Å². The number of rotatable bonds is 13. The van der Waals surface area contributed by atoms with Gasteiger partial charge in [0.2, 0.25) is 5.28 Å². The first-order chi connectivity index (χ1) is 24.5. The highest BCUT2D eigenvalue weighted by Gasteiger charge is 2.39. The number of esters is 1. The molecule has 2 unspecified atom stereocenters. The van der Waals surface area contributed by atoms with Crippen molar-refractivity contribution >= 4 is 45.3 Å². The number of halogens is 1. The minimum atomic E-state index is -4.77. The standard InChI is InChI=1S/C35H43ClN6O9S/c1-8-39(9-2)42(46)38-50-22-49-33(44)26-16-14-25(15-17-26)24(4)41(34(45)51-35(5,6)7)52(47,48)31-21-28(18-19-29(31)36)32(43)37-40-23(3)20-27-12-10-11-13-30(27)40/h10-19,21,23-24H,8-9,20,22H2,1-7H3,(H,37,43)/b42-38-. The van der Waals surface area contributed by atoms with E-state index >= 15 is 0 Å². The number of nitrogens with zero attached hydrogens (tertiary/aromatic N) is 5. The van der Waals surface area contributed by atoms with Gasteiger partial charge in [0.1, 0.15) is 10.5 Å². The number of para-hydroxylation sites is 1. The normalized spacial score (nSPS) is 15.0. The molecule has 4 rings (SSSR count). The summed E-state index contributed by atoms with van der Waals surface area (Å²) >= 11 is 6.44. The van der Waals surface area contributed by atoms with E-state index in [4.69, 9.17) is 25.9 Å². The minimum absolute atomic E-state index is 0.00740. The number of sulfonamides is 1. The molecule has 280 valence electrons. The largest absolute Gasteiger partial charge is 0.569 e. The van der Waals surface area contributed by atoms with Crippen LogP contribution in [0.3, 0.4) is 0 Å². The molecule has 1 N–H and O–H groups in total. The number of ether oxygens (including phenoxy) is 2. The van der Waals surface area contributed by atoms with Crippen LogP contribution in [0.4, 0.5) is 10.5 Å². The van der Waals surface area contributed by atoms with E-state index in [1.165, 1.54) is 48.3 Å². The first-order valence-corrected chi connectivity index (χ1v) is 18.4. The Bertz CT molecular complexity index is 1910. The fourth-order valence-corrected chi connectivity index (χ4v) is 7.40. The molecule has 1 aliphatic heterocycles. The second-order valence-corrected chi connectivity index (χ2v) is 15.1. The van der Waals surface area contributed by atoms with Gasteiger partial charge in [0.25, 0.3) is 22.7 Å². The van der Waals surface area contributed by atoms with Gasteiger partial charge in [-0.2, -0.15) is 4.31 Å². The van der Waals surface area contributed by atoms with E-state index in [1.54, 1.807) is 39.6 Å². The van der Waals surface area contributed by atoms with E-state index in [2.05, 4.69) is 10.7 Å². The number of benzene rings is 3. The Labute approximate surface area is 308 Å². The van der Waals surface area contributed by atoms with Crippen LogP contribution in [-0.2, 0) is 30.8 Å². The zero-order chi connectivity index (χ0) is 38.4. The minimum Gasteiger partial charge on any atom is -0.569 e.